The van der Waals surface area contributed by atoms with Gasteiger partial charge in [0, 0.05) is 32.9 Å². The molecule has 2 aromatic heterocycles. The Kier molecular flexibility index (Phi) is 3.52. The quantitative estimate of drug-likeness (QED) is 0.801. The molecule has 0 amide bonds. The minimum Gasteiger partial charge on any atom is -0.381 e. The lowest BCUT2D eigenvalue weighted by Crippen LogP contribution is -2.30. The van der Waals surface area contributed by atoms with Crippen molar-refractivity contribution in [3.05, 3.63) is 17.5 Å². The lowest BCUT2D eigenvalue weighted by molar-refractivity contribution is 0.0684. The van der Waals surface area contributed by atoms with Crippen LogP contribution in [0.5, 0.6) is 0 Å². The molecular weight excluding hydrogens is 266 g/mol. The fraction of sp³-hybridized carbons (Fsp3) is 0.583. The molecule has 6 nitrogen and oxygen atoms in total. The minimum atomic E-state index is 0.439. The molecule has 0 spiro atoms. The maximum absolute atomic E-state index is 6.03. The van der Waals surface area contributed by atoms with Gasteiger partial charge in [-0.15, -0.1) is 0 Å². The van der Waals surface area contributed by atoms with Gasteiger partial charge in [-0.2, -0.15) is 19.6 Å². The largest absolute Gasteiger partial charge is 0.381 e. The normalized spacial score (nSPS) is 16.9. The van der Waals surface area contributed by atoms with E-state index in [4.69, 9.17) is 16.3 Å². The van der Waals surface area contributed by atoms with E-state index >= 15 is 0 Å². The average molecular weight is 282 g/mol. The van der Waals surface area contributed by atoms with E-state index in [-0.39, 0.29) is 0 Å². The molecule has 0 unspecified atom stereocenters. The average Bonchev–Trinajstić information content (AvgIpc) is 2.86. The molecule has 0 bridgehead atoms. The molecule has 102 valence electrons. The van der Waals surface area contributed by atoms with Gasteiger partial charge in [-0.1, -0.05) is 11.6 Å². The lowest BCUT2D eigenvalue weighted by Gasteiger charge is -2.28. The summed E-state index contributed by atoms with van der Waals surface area (Å²) in [6.07, 6.45) is 3.69. The Balaban J connectivity index is 1.83. The Bertz CT molecular complexity index is 566. The van der Waals surface area contributed by atoms with Crippen molar-refractivity contribution in [1.82, 2.24) is 19.6 Å². The van der Waals surface area contributed by atoms with Gasteiger partial charge in [-0.3, -0.25) is 0 Å². The Morgan fingerprint density at radius 3 is 3.05 bits per heavy atom. The smallest absolute Gasteiger partial charge is 0.255 e. The molecule has 3 heterocycles. The Labute approximate surface area is 116 Å². The zero-order valence-electron chi connectivity index (χ0n) is 10.8. The van der Waals surface area contributed by atoms with Crippen LogP contribution in [0.1, 0.15) is 12.8 Å². The highest BCUT2D eigenvalue weighted by Crippen LogP contribution is 2.22. The first kappa shape index (κ1) is 12.6. The molecule has 7 heteroatoms. The predicted octanol–water partition coefficient (Wildman–Crippen LogP) is 1.64. The number of aromatic nitrogens is 4. The third kappa shape index (κ3) is 2.64. The third-order valence-electron chi connectivity index (χ3n) is 3.47. The maximum atomic E-state index is 6.03. The van der Waals surface area contributed by atoms with E-state index in [1.54, 1.807) is 4.52 Å². The van der Waals surface area contributed by atoms with E-state index < -0.39 is 0 Å². The molecule has 2 aromatic rings. The van der Waals surface area contributed by atoms with Crippen molar-refractivity contribution in [2.24, 2.45) is 5.92 Å². The summed E-state index contributed by atoms with van der Waals surface area (Å²) in [4.78, 5) is 10.4. The second kappa shape index (κ2) is 5.30. The molecular formula is C12H16ClN5O. The van der Waals surface area contributed by atoms with Gasteiger partial charge in [0.25, 0.3) is 5.78 Å². The summed E-state index contributed by atoms with van der Waals surface area (Å²) in [6.45, 7) is 2.67. The van der Waals surface area contributed by atoms with E-state index in [9.17, 15) is 0 Å². The van der Waals surface area contributed by atoms with Crippen LogP contribution in [-0.2, 0) is 4.74 Å². The van der Waals surface area contributed by atoms with Crippen LogP contribution in [0.3, 0.4) is 0 Å². The molecule has 0 atom stereocenters. The van der Waals surface area contributed by atoms with Crippen molar-refractivity contribution in [1.29, 1.82) is 0 Å². The first-order chi connectivity index (χ1) is 9.24. The van der Waals surface area contributed by atoms with Gasteiger partial charge in [0.2, 0.25) is 0 Å². The Morgan fingerprint density at radius 1 is 1.47 bits per heavy atom. The molecule has 3 rings (SSSR count). The highest BCUT2D eigenvalue weighted by atomic mass is 35.5. The number of hydrogen-bond donors (Lipinski definition) is 0. The minimum absolute atomic E-state index is 0.439. The molecule has 1 aliphatic heterocycles. The SMILES string of the molecule is CN(CC1CCOCC1)c1cc(Cl)nc2ncnn12. The van der Waals surface area contributed by atoms with Gasteiger partial charge < -0.3 is 9.64 Å². The molecule has 1 aliphatic rings. The summed E-state index contributed by atoms with van der Waals surface area (Å²) in [7, 11) is 2.04. The molecule has 0 radical (unpaired) electrons. The zero-order valence-corrected chi connectivity index (χ0v) is 11.5. The first-order valence-corrected chi connectivity index (χ1v) is 6.77. The monoisotopic (exact) mass is 281 g/mol. The second-order valence-corrected chi connectivity index (χ2v) is 5.23. The summed E-state index contributed by atoms with van der Waals surface area (Å²) in [5, 5.41) is 4.63. The number of halogens is 1. The van der Waals surface area contributed by atoms with Crippen LogP contribution in [0.25, 0.3) is 5.78 Å². The highest BCUT2D eigenvalue weighted by Gasteiger charge is 2.18. The number of hydrogen-bond acceptors (Lipinski definition) is 5. The van der Waals surface area contributed by atoms with Crippen LogP contribution in [0.15, 0.2) is 12.4 Å². The summed E-state index contributed by atoms with van der Waals surface area (Å²) in [6, 6.07) is 1.82. The summed E-state index contributed by atoms with van der Waals surface area (Å²) in [5.41, 5.74) is 0. The van der Waals surface area contributed by atoms with E-state index in [1.165, 1.54) is 6.33 Å². The molecule has 0 aromatic carbocycles. The zero-order chi connectivity index (χ0) is 13.2. The van der Waals surface area contributed by atoms with Gasteiger partial charge >= 0.3 is 0 Å². The molecule has 1 fully saturated rings. The molecule has 0 saturated carbocycles. The molecule has 0 aliphatic carbocycles. The number of anilines is 1. The van der Waals surface area contributed by atoms with Crippen LogP contribution in [0, 0.1) is 5.92 Å². The summed E-state index contributed by atoms with van der Waals surface area (Å²) >= 11 is 6.03. The van der Waals surface area contributed by atoms with Crippen LogP contribution in [-0.4, -0.2) is 46.4 Å². The Morgan fingerprint density at radius 2 is 2.26 bits per heavy atom. The lowest BCUT2D eigenvalue weighted by atomic mass is 10.00. The fourth-order valence-electron chi connectivity index (χ4n) is 2.45. The van der Waals surface area contributed by atoms with E-state index in [0.717, 1.165) is 38.4 Å². The van der Waals surface area contributed by atoms with Gasteiger partial charge in [0.15, 0.2) is 0 Å². The van der Waals surface area contributed by atoms with E-state index in [2.05, 4.69) is 20.0 Å². The van der Waals surface area contributed by atoms with Crippen molar-refractivity contribution in [2.75, 3.05) is 31.7 Å². The topological polar surface area (TPSA) is 55.5 Å². The highest BCUT2D eigenvalue weighted by molar-refractivity contribution is 6.29. The van der Waals surface area contributed by atoms with E-state index in [0.29, 0.717) is 16.8 Å². The number of ether oxygens (including phenoxy) is 1. The van der Waals surface area contributed by atoms with Gasteiger partial charge in [-0.05, 0) is 18.8 Å². The molecule has 1 saturated heterocycles. The molecule has 0 N–H and O–H groups in total. The summed E-state index contributed by atoms with van der Waals surface area (Å²) < 4.78 is 7.10. The van der Waals surface area contributed by atoms with E-state index in [1.807, 2.05) is 13.1 Å². The predicted molar refractivity (Wildman–Crippen MR) is 72.6 cm³/mol. The summed E-state index contributed by atoms with van der Waals surface area (Å²) in [5.74, 6) is 2.09. The number of fused-ring (bicyclic) bond motifs is 1. The van der Waals surface area contributed by atoms with Crippen molar-refractivity contribution < 1.29 is 4.74 Å². The Hall–Kier alpha value is -1.40. The third-order valence-corrected chi connectivity index (χ3v) is 3.66. The van der Waals surface area contributed by atoms with Gasteiger partial charge in [-0.25, -0.2) is 0 Å². The van der Waals surface area contributed by atoms with Crippen LogP contribution in [0.2, 0.25) is 5.15 Å². The van der Waals surface area contributed by atoms with Gasteiger partial charge in [0.05, 0.1) is 0 Å². The van der Waals surface area contributed by atoms with Crippen molar-refractivity contribution in [2.45, 2.75) is 12.8 Å². The van der Waals surface area contributed by atoms with Crippen molar-refractivity contribution in [3.63, 3.8) is 0 Å². The maximum Gasteiger partial charge on any atom is 0.255 e. The standard InChI is InChI=1S/C12H16ClN5O/c1-17(7-9-2-4-19-5-3-9)11-6-10(13)16-12-14-8-15-18(11)12/h6,8-9H,2-5,7H2,1H3. The fourth-order valence-corrected chi connectivity index (χ4v) is 2.62. The first-order valence-electron chi connectivity index (χ1n) is 6.39. The van der Waals surface area contributed by atoms with Crippen LogP contribution >= 0.6 is 11.6 Å². The number of nitrogens with zero attached hydrogens (tertiary/aromatic N) is 5. The van der Waals surface area contributed by atoms with Crippen LogP contribution in [0.4, 0.5) is 5.82 Å². The number of rotatable bonds is 3. The van der Waals surface area contributed by atoms with Gasteiger partial charge in [0.1, 0.15) is 17.3 Å². The van der Waals surface area contributed by atoms with Crippen LogP contribution < -0.4 is 4.90 Å². The van der Waals surface area contributed by atoms with Crippen molar-refractivity contribution in [3.8, 4) is 0 Å². The van der Waals surface area contributed by atoms with Crippen molar-refractivity contribution >= 4 is 23.2 Å². The second-order valence-electron chi connectivity index (χ2n) is 4.85. The molecule has 19 heavy (non-hydrogen) atoms.